The lowest BCUT2D eigenvalue weighted by atomic mass is 10.2. The highest BCUT2D eigenvalue weighted by Crippen LogP contribution is 2.32. The third kappa shape index (κ3) is 2.08. The lowest BCUT2D eigenvalue weighted by Crippen LogP contribution is -1.92. The van der Waals surface area contributed by atoms with Gasteiger partial charge in [0.15, 0.2) is 11.5 Å². The molecule has 1 aromatic carbocycles. The maximum absolute atomic E-state index is 5.28. The normalized spacial score (nSPS) is 13.2. The average molecular weight is 227 g/mol. The molecule has 84 valence electrons. The van der Waals surface area contributed by atoms with Crippen molar-refractivity contribution in [3.05, 3.63) is 42.2 Å². The number of benzene rings is 1. The Labute approximate surface area is 97.8 Å². The van der Waals surface area contributed by atoms with E-state index < -0.39 is 0 Å². The molecule has 0 saturated heterocycles. The minimum atomic E-state index is 0.276. The zero-order chi connectivity index (χ0) is 11.5. The van der Waals surface area contributed by atoms with Crippen molar-refractivity contribution in [3.8, 4) is 11.5 Å². The summed E-state index contributed by atoms with van der Waals surface area (Å²) in [5.74, 6) is 1.94. The van der Waals surface area contributed by atoms with Gasteiger partial charge in [-0.1, -0.05) is 0 Å². The second kappa shape index (κ2) is 4.21. The molecule has 0 radical (unpaired) electrons. The van der Waals surface area contributed by atoms with Gasteiger partial charge in [-0.15, -0.1) is 0 Å². The SMILES string of the molecule is C(=Nc1ncccn1)c1ccc2c(c1)OCO2. The van der Waals surface area contributed by atoms with Gasteiger partial charge in [0, 0.05) is 18.6 Å². The minimum Gasteiger partial charge on any atom is -0.454 e. The highest BCUT2D eigenvalue weighted by atomic mass is 16.7. The molecule has 0 spiro atoms. The fourth-order valence-electron chi connectivity index (χ4n) is 1.48. The predicted molar refractivity (Wildman–Crippen MR) is 61.9 cm³/mol. The van der Waals surface area contributed by atoms with Gasteiger partial charge in [0.2, 0.25) is 12.7 Å². The van der Waals surface area contributed by atoms with Gasteiger partial charge in [0.1, 0.15) is 0 Å². The van der Waals surface area contributed by atoms with E-state index in [0.717, 1.165) is 17.1 Å². The molecule has 3 rings (SSSR count). The molecule has 0 saturated carbocycles. The first-order chi connectivity index (χ1) is 8.42. The molecule has 17 heavy (non-hydrogen) atoms. The van der Waals surface area contributed by atoms with Crippen LogP contribution in [0.1, 0.15) is 5.56 Å². The van der Waals surface area contributed by atoms with E-state index in [0.29, 0.717) is 5.95 Å². The molecule has 0 amide bonds. The number of fused-ring (bicyclic) bond motifs is 1. The standard InChI is InChI=1S/C12H9N3O2/c1-4-13-12(14-5-1)15-7-9-2-3-10-11(6-9)17-8-16-10/h1-7H,8H2. The number of rotatable bonds is 2. The van der Waals surface area contributed by atoms with Crippen LogP contribution in [0.25, 0.3) is 0 Å². The Balaban J connectivity index is 1.84. The summed E-state index contributed by atoms with van der Waals surface area (Å²) in [6.45, 7) is 0.276. The molecule has 0 N–H and O–H groups in total. The van der Waals surface area contributed by atoms with Crippen molar-refractivity contribution in [2.45, 2.75) is 0 Å². The number of aliphatic imine (C=N–C) groups is 1. The van der Waals surface area contributed by atoms with Crippen molar-refractivity contribution < 1.29 is 9.47 Å². The number of nitrogens with zero attached hydrogens (tertiary/aromatic N) is 3. The minimum absolute atomic E-state index is 0.276. The second-order valence-electron chi connectivity index (χ2n) is 3.42. The van der Waals surface area contributed by atoms with E-state index in [-0.39, 0.29) is 6.79 Å². The van der Waals surface area contributed by atoms with Crippen molar-refractivity contribution >= 4 is 12.2 Å². The zero-order valence-electron chi connectivity index (χ0n) is 8.91. The number of aromatic nitrogens is 2. The molecule has 2 heterocycles. The average Bonchev–Trinajstić information content (AvgIpc) is 2.85. The molecular weight excluding hydrogens is 218 g/mol. The lowest BCUT2D eigenvalue weighted by molar-refractivity contribution is 0.174. The van der Waals surface area contributed by atoms with Crippen LogP contribution in [-0.2, 0) is 0 Å². The Bertz CT molecular complexity index is 555. The van der Waals surface area contributed by atoms with Crippen LogP contribution < -0.4 is 9.47 Å². The third-order valence-corrected chi connectivity index (χ3v) is 2.28. The molecule has 0 unspecified atom stereocenters. The topological polar surface area (TPSA) is 56.6 Å². The Morgan fingerprint density at radius 3 is 2.82 bits per heavy atom. The molecule has 1 aliphatic heterocycles. The maximum Gasteiger partial charge on any atom is 0.249 e. The molecule has 5 nitrogen and oxygen atoms in total. The quantitative estimate of drug-likeness (QED) is 0.736. The summed E-state index contributed by atoms with van der Waals surface area (Å²) in [5.41, 5.74) is 0.918. The van der Waals surface area contributed by atoms with Crippen LogP contribution in [0.5, 0.6) is 11.5 Å². The first-order valence-corrected chi connectivity index (χ1v) is 5.12. The molecule has 0 bridgehead atoms. The van der Waals surface area contributed by atoms with E-state index in [1.165, 1.54) is 0 Å². The van der Waals surface area contributed by atoms with Gasteiger partial charge in [0.25, 0.3) is 0 Å². The summed E-state index contributed by atoms with van der Waals surface area (Å²) in [6.07, 6.45) is 5.00. The molecule has 1 aliphatic rings. The predicted octanol–water partition coefficient (Wildman–Crippen LogP) is 1.96. The Morgan fingerprint density at radius 2 is 1.94 bits per heavy atom. The molecule has 0 fully saturated rings. The Hall–Kier alpha value is -2.43. The Kier molecular flexibility index (Phi) is 2.42. The smallest absolute Gasteiger partial charge is 0.249 e. The summed E-state index contributed by atoms with van der Waals surface area (Å²) >= 11 is 0. The van der Waals surface area contributed by atoms with Gasteiger partial charge in [-0.2, -0.15) is 0 Å². The fraction of sp³-hybridized carbons (Fsp3) is 0.0833. The third-order valence-electron chi connectivity index (χ3n) is 2.28. The van der Waals surface area contributed by atoms with Crippen LogP contribution in [0.2, 0.25) is 0 Å². The lowest BCUT2D eigenvalue weighted by Gasteiger charge is -1.96. The number of hydrogen-bond acceptors (Lipinski definition) is 5. The summed E-state index contributed by atoms with van der Waals surface area (Å²) in [7, 11) is 0. The summed E-state index contributed by atoms with van der Waals surface area (Å²) in [6, 6.07) is 7.38. The number of ether oxygens (including phenoxy) is 2. The van der Waals surface area contributed by atoms with Crippen molar-refractivity contribution in [1.82, 2.24) is 9.97 Å². The van der Waals surface area contributed by atoms with Crippen LogP contribution >= 0.6 is 0 Å². The van der Waals surface area contributed by atoms with Crippen molar-refractivity contribution in [2.24, 2.45) is 4.99 Å². The van der Waals surface area contributed by atoms with E-state index in [1.54, 1.807) is 24.7 Å². The van der Waals surface area contributed by atoms with Gasteiger partial charge in [0.05, 0.1) is 0 Å². The van der Waals surface area contributed by atoms with Crippen LogP contribution in [0.4, 0.5) is 5.95 Å². The van der Waals surface area contributed by atoms with Gasteiger partial charge >= 0.3 is 0 Å². The van der Waals surface area contributed by atoms with Crippen molar-refractivity contribution in [3.63, 3.8) is 0 Å². The summed E-state index contributed by atoms with van der Waals surface area (Å²) in [4.78, 5) is 12.2. The molecule has 2 aromatic rings. The van der Waals surface area contributed by atoms with Gasteiger partial charge in [-0.3, -0.25) is 0 Å². The van der Waals surface area contributed by atoms with E-state index in [1.807, 2.05) is 18.2 Å². The molecular formula is C12H9N3O2. The van der Waals surface area contributed by atoms with Crippen molar-refractivity contribution in [1.29, 1.82) is 0 Å². The van der Waals surface area contributed by atoms with E-state index in [4.69, 9.17) is 9.47 Å². The number of hydrogen-bond donors (Lipinski definition) is 0. The van der Waals surface area contributed by atoms with Crippen LogP contribution in [-0.4, -0.2) is 23.0 Å². The maximum atomic E-state index is 5.28. The van der Waals surface area contributed by atoms with E-state index in [2.05, 4.69) is 15.0 Å². The first kappa shape index (κ1) is 9.77. The monoisotopic (exact) mass is 227 g/mol. The highest BCUT2D eigenvalue weighted by Gasteiger charge is 2.12. The molecule has 5 heteroatoms. The fourth-order valence-corrected chi connectivity index (χ4v) is 1.48. The molecule has 1 aromatic heterocycles. The largest absolute Gasteiger partial charge is 0.454 e. The zero-order valence-corrected chi connectivity index (χ0v) is 8.91. The second-order valence-corrected chi connectivity index (χ2v) is 3.42. The highest BCUT2D eigenvalue weighted by molar-refractivity contribution is 5.82. The van der Waals surface area contributed by atoms with Gasteiger partial charge < -0.3 is 9.47 Å². The van der Waals surface area contributed by atoms with Gasteiger partial charge in [-0.25, -0.2) is 15.0 Å². The van der Waals surface area contributed by atoms with Crippen molar-refractivity contribution in [2.75, 3.05) is 6.79 Å². The first-order valence-electron chi connectivity index (χ1n) is 5.12. The van der Waals surface area contributed by atoms with Crippen LogP contribution in [0.3, 0.4) is 0 Å². The summed E-state index contributed by atoms with van der Waals surface area (Å²) < 4.78 is 10.5. The van der Waals surface area contributed by atoms with Crippen LogP contribution in [0, 0.1) is 0 Å². The molecule has 0 atom stereocenters. The van der Waals surface area contributed by atoms with E-state index in [9.17, 15) is 0 Å². The molecule has 0 aliphatic carbocycles. The van der Waals surface area contributed by atoms with E-state index >= 15 is 0 Å². The van der Waals surface area contributed by atoms with Gasteiger partial charge in [-0.05, 0) is 29.8 Å². The summed E-state index contributed by atoms with van der Waals surface area (Å²) in [5, 5.41) is 0. The van der Waals surface area contributed by atoms with Crippen LogP contribution in [0.15, 0.2) is 41.7 Å². The Morgan fingerprint density at radius 1 is 1.12 bits per heavy atom.